The third-order valence-corrected chi connectivity index (χ3v) is 5.72. The van der Waals surface area contributed by atoms with Gasteiger partial charge in [-0.05, 0) is 30.8 Å². The van der Waals surface area contributed by atoms with E-state index in [1.807, 2.05) is 30.9 Å². The molecule has 0 radical (unpaired) electrons. The molecule has 0 amide bonds. The number of fused-ring (bicyclic) bond motifs is 3. The van der Waals surface area contributed by atoms with Gasteiger partial charge in [-0.25, -0.2) is 15.0 Å². The van der Waals surface area contributed by atoms with Crippen LogP contribution in [0.2, 0.25) is 0 Å². The number of hydrogen-bond donors (Lipinski definition) is 1. The number of hydrogen-bond acceptors (Lipinski definition) is 5. The second-order valence-corrected chi connectivity index (χ2v) is 7.58. The SMILES string of the molecule is CN1CCn2ncc(-c3cnc4[nH]cc(-c5ccc6ncncc6c5)c4c3)c2C1. The molecule has 0 atom stereocenters. The molecule has 1 aromatic carbocycles. The number of H-pyrrole nitrogens is 1. The minimum atomic E-state index is 0.881. The van der Waals surface area contributed by atoms with Crippen molar-refractivity contribution in [2.24, 2.45) is 0 Å². The molecule has 1 aliphatic heterocycles. The molecule has 1 aliphatic rings. The van der Waals surface area contributed by atoms with Crippen LogP contribution in [0.25, 0.3) is 44.2 Å². The Morgan fingerprint density at radius 2 is 1.93 bits per heavy atom. The lowest BCUT2D eigenvalue weighted by atomic mass is 10.0. The molecule has 0 fully saturated rings. The monoisotopic (exact) mass is 381 g/mol. The Morgan fingerprint density at radius 1 is 0.966 bits per heavy atom. The smallest absolute Gasteiger partial charge is 0.137 e. The van der Waals surface area contributed by atoms with E-state index in [0.717, 1.165) is 63.8 Å². The summed E-state index contributed by atoms with van der Waals surface area (Å²) in [6.07, 6.45) is 9.35. The molecule has 7 heteroatoms. The Labute approximate surface area is 167 Å². The number of likely N-dealkylation sites (N-methyl/N-ethyl adjacent to an activating group) is 1. The van der Waals surface area contributed by atoms with E-state index in [2.05, 4.69) is 59.9 Å². The Balaban J connectivity index is 1.49. The third kappa shape index (κ3) is 2.62. The van der Waals surface area contributed by atoms with Gasteiger partial charge in [0.25, 0.3) is 0 Å². The number of aromatic amines is 1. The zero-order valence-electron chi connectivity index (χ0n) is 16.0. The van der Waals surface area contributed by atoms with E-state index in [-0.39, 0.29) is 0 Å². The third-order valence-electron chi connectivity index (χ3n) is 5.72. The highest BCUT2D eigenvalue weighted by Gasteiger charge is 2.20. The molecule has 0 saturated carbocycles. The van der Waals surface area contributed by atoms with E-state index in [1.165, 1.54) is 5.69 Å². The highest BCUT2D eigenvalue weighted by atomic mass is 15.3. The maximum Gasteiger partial charge on any atom is 0.137 e. The maximum absolute atomic E-state index is 4.68. The summed E-state index contributed by atoms with van der Waals surface area (Å²) in [5, 5.41) is 6.72. The van der Waals surface area contributed by atoms with Crippen molar-refractivity contribution in [1.82, 2.24) is 34.6 Å². The van der Waals surface area contributed by atoms with Gasteiger partial charge in [0, 0.05) is 59.1 Å². The zero-order valence-corrected chi connectivity index (χ0v) is 16.0. The molecule has 0 spiro atoms. The van der Waals surface area contributed by atoms with Crippen molar-refractivity contribution in [2.75, 3.05) is 13.6 Å². The molecule has 1 N–H and O–H groups in total. The van der Waals surface area contributed by atoms with E-state index in [0.29, 0.717) is 0 Å². The lowest BCUT2D eigenvalue weighted by Crippen LogP contribution is -2.30. The van der Waals surface area contributed by atoms with Gasteiger partial charge in [-0.2, -0.15) is 5.10 Å². The number of pyridine rings is 1. The van der Waals surface area contributed by atoms with Gasteiger partial charge in [0.2, 0.25) is 0 Å². The summed E-state index contributed by atoms with van der Waals surface area (Å²) in [4.78, 5) is 18.8. The summed E-state index contributed by atoms with van der Waals surface area (Å²) < 4.78 is 2.11. The fourth-order valence-electron chi connectivity index (χ4n) is 4.15. The molecule has 0 aliphatic carbocycles. The normalized spacial score (nSPS) is 14.5. The van der Waals surface area contributed by atoms with E-state index in [4.69, 9.17) is 0 Å². The molecule has 142 valence electrons. The molecule has 5 aromatic rings. The molecular weight excluding hydrogens is 362 g/mol. The zero-order chi connectivity index (χ0) is 19.4. The molecular formula is C22H19N7. The highest BCUT2D eigenvalue weighted by molar-refractivity contribution is 5.97. The number of benzene rings is 1. The van der Waals surface area contributed by atoms with Crippen LogP contribution in [0.5, 0.6) is 0 Å². The Bertz CT molecular complexity index is 1360. The summed E-state index contributed by atoms with van der Waals surface area (Å²) in [5.74, 6) is 0. The fraction of sp³-hybridized carbons (Fsp3) is 0.182. The van der Waals surface area contributed by atoms with Crippen molar-refractivity contribution < 1.29 is 0 Å². The quantitative estimate of drug-likeness (QED) is 0.507. The van der Waals surface area contributed by atoms with Gasteiger partial charge in [0.15, 0.2) is 0 Å². The first-order valence-corrected chi connectivity index (χ1v) is 9.67. The van der Waals surface area contributed by atoms with Crippen LogP contribution in [-0.4, -0.2) is 48.2 Å². The number of aromatic nitrogens is 6. The van der Waals surface area contributed by atoms with E-state index < -0.39 is 0 Å². The van der Waals surface area contributed by atoms with Crippen LogP contribution in [0, 0.1) is 0 Å². The minimum Gasteiger partial charge on any atom is -0.346 e. The summed E-state index contributed by atoms with van der Waals surface area (Å²) in [5.41, 5.74) is 7.57. The molecule has 5 heterocycles. The Hall–Kier alpha value is -3.58. The molecule has 0 bridgehead atoms. The Kier molecular flexibility index (Phi) is 3.51. The van der Waals surface area contributed by atoms with Crippen molar-refractivity contribution >= 4 is 21.9 Å². The van der Waals surface area contributed by atoms with Crippen molar-refractivity contribution in [3.05, 3.63) is 61.1 Å². The van der Waals surface area contributed by atoms with Crippen LogP contribution in [0.1, 0.15) is 5.69 Å². The van der Waals surface area contributed by atoms with Gasteiger partial charge in [0.1, 0.15) is 12.0 Å². The summed E-state index contributed by atoms with van der Waals surface area (Å²) >= 11 is 0. The maximum atomic E-state index is 4.68. The van der Waals surface area contributed by atoms with Crippen LogP contribution in [0.4, 0.5) is 0 Å². The first kappa shape index (κ1) is 16.4. The lowest BCUT2D eigenvalue weighted by Gasteiger charge is -2.24. The highest BCUT2D eigenvalue weighted by Crippen LogP contribution is 2.33. The molecule has 7 nitrogen and oxygen atoms in total. The van der Waals surface area contributed by atoms with E-state index >= 15 is 0 Å². The predicted octanol–water partition coefficient (Wildman–Crippen LogP) is 3.48. The minimum absolute atomic E-state index is 0.881. The van der Waals surface area contributed by atoms with Crippen LogP contribution in [-0.2, 0) is 13.1 Å². The van der Waals surface area contributed by atoms with Crippen LogP contribution < -0.4 is 0 Å². The van der Waals surface area contributed by atoms with Gasteiger partial charge in [0.05, 0.1) is 24.0 Å². The van der Waals surface area contributed by atoms with Crippen LogP contribution in [0.15, 0.2) is 55.4 Å². The number of nitrogens with one attached hydrogen (secondary N) is 1. The molecule has 0 saturated heterocycles. The molecule has 29 heavy (non-hydrogen) atoms. The summed E-state index contributed by atoms with van der Waals surface area (Å²) in [7, 11) is 2.15. The first-order valence-electron chi connectivity index (χ1n) is 9.67. The largest absolute Gasteiger partial charge is 0.346 e. The van der Waals surface area contributed by atoms with Gasteiger partial charge in [-0.1, -0.05) is 6.07 Å². The van der Waals surface area contributed by atoms with Gasteiger partial charge in [-0.3, -0.25) is 9.58 Å². The van der Waals surface area contributed by atoms with Gasteiger partial charge in [-0.15, -0.1) is 0 Å². The van der Waals surface area contributed by atoms with Crippen molar-refractivity contribution in [1.29, 1.82) is 0 Å². The summed E-state index contributed by atoms with van der Waals surface area (Å²) in [6.45, 7) is 2.85. The summed E-state index contributed by atoms with van der Waals surface area (Å²) in [6, 6.07) is 8.47. The van der Waals surface area contributed by atoms with E-state index in [1.54, 1.807) is 6.33 Å². The predicted molar refractivity (Wildman–Crippen MR) is 112 cm³/mol. The van der Waals surface area contributed by atoms with Crippen molar-refractivity contribution in [3.8, 4) is 22.3 Å². The fourth-order valence-corrected chi connectivity index (χ4v) is 4.15. The lowest BCUT2D eigenvalue weighted by molar-refractivity contribution is 0.259. The molecule has 4 aromatic heterocycles. The standard InChI is InChI=1S/C22H19N7/c1-28-4-5-29-21(12-28)19(11-27-29)15-7-17-18(10-25-22(17)24-9-15)14-2-3-20-16(6-14)8-23-13-26-20/h2-3,6-11,13H,4-5,12H2,1H3,(H,24,25). The number of nitrogens with zero attached hydrogens (tertiary/aromatic N) is 6. The van der Waals surface area contributed by atoms with Crippen LogP contribution in [0.3, 0.4) is 0 Å². The number of rotatable bonds is 2. The average molecular weight is 381 g/mol. The van der Waals surface area contributed by atoms with Gasteiger partial charge < -0.3 is 4.98 Å². The first-order chi connectivity index (χ1) is 14.3. The van der Waals surface area contributed by atoms with Crippen LogP contribution >= 0.6 is 0 Å². The van der Waals surface area contributed by atoms with E-state index in [9.17, 15) is 0 Å². The topological polar surface area (TPSA) is 75.5 Å². The second kappa shape index (κ2) is 6.22. The van der Waals surface area contributed by atoms with Crippen molar-refractivity contribution in [3.63, 3.8) is 0 Å². The average Bonchev–Trinajstić information content (AvgIpc) is 3.36. The van der Waals surface area contributed by atoms with Crippen molar-refractivity contribution in [2.45, 2.75) is 13.1 Å². The van der Waals surface area contributed by atoms with Gasteiger partial charge >= 0.3 is 0 Å². The Morgan fingerprint density at radius 3 is 2.90 bits per heavy atom. The molecule has 6 rings (SSSR count). The molecule has 0 unspecified atom stereocenters. The second-order valence-electron chi connectivity index (χ2n) is 7.58.